The lowest BCUT2D eigenvalue weighted by molar-refractivity contribution is 0.392. The third kappa shape index (κ3) is 2.78. The van der Waals surface area contributed by atoms with E-state index in [1.54, 1.807) is 0 Å². The second-order valence-corrected chi connectivity index (χ2v) is 6.89. The molecular weight excluding hydrogens is 292 g/mol. The molecule has 0 spiro atoms. The summed E-state index contributed by atoms with van der Waals surface area (Å²) in [4.78, 5) is 2.07. The Kier molecular flexibility index (Phi) is 3.58. The van der Waals surface area contributed by atoms with Crippen molar-refractivity contribution in [3.05, 3.63) is 35.0 Å². The van der Waals surface area contributed by atoms with Crippen LogP contribution in [-0.4, -0.2) is 32.0 Å². The summed E-state index contributed by atoms with van der Waals surface area (Å²) in [6.45, 7) is 10.9. The van der Waals surface area contributed by atoms with Gasteiger partial charge >= 0.3 is 0 Å². The Morgan fingerprint density at radius 2 is 1.91 bits per heavy atom. The van der Waals surface area contributed by atoms with Gasteiger partial charge in [0.05, 0.1) is 5.69 Å². The zero-order chi connectivity index (χ0) is 16.8. The van der Waals surface area contributed by atoms with Gasteiger partial charge in [0.25, 0.3) is 0 Å². The predicted octanol–water partition coefficient (Wildman–Crippen LogP) is 2.66. The van der Waals surface area contributed by atoms with Gasteiger partial charge in [-0.15, -0.1) is 15.3 Å². The zero-order valence-electron chi connectivity index (χ0n) is 14.5. The van der Waals surface area contributed by atoms with E-state index in [0.29, 0.717) is 6.54 Å². The highest BCUT2D eigenvalue weighted by Crippen LogP contribution is 2.22. The fraction of sp³-hybridized carbons (Fsp3) is 0.500. The first-order chi connectivity index (χ1) is 10.8. The van der Waals surface area contributed by atoms with Gasteiger partial charge in [-0.2, -0.15) is 4.52 Å². The zero-order valence-corrected chi connectivity index (χ0v) is 14.5. The van der Waals surface area contributed by atoms with Crippen LogP contribution in [0.4, 0.5) is 5.82 Å². The molecule has 3 aromatic rings. The summed E-state index contributed by atoms with van der Waals surface area (Å²) in [5.41, 5.74) is 2.64. The summed E-state index contributed by atoms with van der Waals surface area (Å²) < 4.78 is 7.05. The third-order valence-electron chi connectivity index (χ3n) is 3.89. The monoisotopic (exact) mass is 314 g/mol. The van der Waals surface area contributed by atoms with Gasteiger partial charge in [0, 0.05) is 24.6 Å². The highest BCUT2D eigenvalue weighted by molar-refractivity contribution is 5.46. The molecule has 0 atom stereocenters. The molecule has 0 aliphatic carbocycles. The molecule has 3 aromatic heterocycles. The minimum atomic E-state index is -0.120. The summed E-state index contributed by atoms with van der Waals surface area (Å²) in [5, 5.41) is 17.2. The molecule has 0 unspecified atom stereocenters. The largest absolute Gasteiger partial charge is 0.361 e. The second-order valence-electron chi connectivity index (χ2n) is 6.89. The molecular formula is C16H22N6O. The fourth-order valence-corrected chi connectivity index (χ4v) is 2.50. The average Bonchev–Trinajstić information content (AvgIpc) is 3.04. The Morgan fingerprint density at radius 3 is 2.52 bits per heavy atom. The second kappa shape index (κ2) is 5.33. The van der Waals surface area contributed by atoms with Crippen LogP contribution in [-0.2, 0) is 12.0 Å². The van der Waals surface area contributed by atoms with E-state index in [4.69, 9.17) is 9.62 Å². The molecule has 122 valence electrons. The first kappa shape index (κ1) is 15.5. The van der Waals surface area contributed by atoms with Gasteiger partial charge in [0.1, 0.15) is 11.6 Å². The number of rotatable bonds is 3. The van der Waals surface area contributed by atoms with Crippen molar-refractivity contribution in [1.82, 2.24) is 25.0 Å². The summed E-state index contributed by atoms with van der Waals surface area (Å²) in [6, 6.07) is 3.89. The van der Waals surface area contributed by atoms with Gasteiger partial charge in [-0.05, 0) is 26.0 Å². The van der Waals surface area contributed by atoms with E-state index in [-0.39, 0.29) is 5.41 Å². The third-order valence-corrected chi connectivity index (χ3v) is 3.89. The molecule has 0 N–H and O–H groups in total. The quantitative estimate of drug-likeness (QED) is 0.740. The van der Waals surface area contributed by atoms with E-state index >= 15 is 0 Å². The molecule has 7 heteroatoms. The first-order valence-corrected chi connectivity index (χ1v) is 7.63. The molecule has 0 amide bonds. The van der Waals surface area contributed by atoms with E-state index in [9.17, 15) is 0 Å². The Bertz CT molecular complexity index is 822. The smallest absolute Gasteiger partial charge is 0.178 e. The van der Waals surface area contributed by atoms with Crippen molar-refractivity contribution in [3.63, 3.8) is 0 Å². The van der Waals surface area contributed by atoms with Crippen LogP contribution in [0.2, 0.25) is 0 Å². The summed E-state index contributed by atoms with van der Waals surface area (Å²) in [7, 11) is 2.00. The lowest BCUT2D eigenvalue weighted by Crippen LogP contribution is -2.21. The van der Waals surface area contributed by atoms with Crippen molar-refractivity contribution < 1.29 is 4.52 Å². The standard InChI is InChI=1S/C16H22N6O/c1-10-12(11(2)23-20-10)9-21(6)14-8-7-13-17-18-15(16(3,4)5)22(13)19-14/h7-8H,9H2,1-6H3. The molecule has 0 fully saturated rings. The van der Waals surface area contributed by atoms with E-state index in [0.717, 1.165) is 34.3 Å². The minimum absolute atomic E-state index is 0.120. The predicted molar refractivity (Wildman–Crippen MR) is 87.6 cm³/mol. The van der Waals surface area contributed by atoms with Crippen LogP contribution in [0.15, 0.2) is 16.7 Å². The maximum atomic E-state index is 5.23. The number of aromatic nitrogens is 5. The molecule has 0 radical (unpaired) electrons. The van der Waals surface area contributed by atoms with Gasteiger partial charge in [0.15, 0.2) is 11.5 Å². The minimum Gasteiger partial charge on any atom is -0.361 e. The van der Waals surface area contributed by atoms with E-state index < -0.39 is 0 Å². The van der Waals surface area contributed by atoms with Crippen LogP contribution < -0.4 is 4.90 Å². The number of aryl methyl sites for hydroxylation is 2. The molecule has 0 aliphatic heterocycles. The normalized spacial score (nSPS) is 12.1. The van der Waals surface area contributed by atoms with Gasteiger partial charge in [-0.3, -0.25) is 0 Å². The highest BCUT2D eigenvalue weighted by atomic mass is 16.5. The van der Waals surface area contributed by atoms with Crippen LogP contribution in [0.3, 0.4) is 0 Å². The van der Waals surface area contributed by atoms with Crippen molar-refractivity contribution in [2.75, 3.05) is 11.9 Å². The van der Waals surface area contributed by atoms with Crippen LogP contribution in [0.5, 0.6) is 0 Å². The molecule has 7 nitrogen and oxygen atoms in total. The van der Waals surface area contributed by atoms with Gasteiger partial charge in [-0.25, -0.2) is 0 Å². The Hall–Kier alpha value is -2.44. The average molecular weight is 314 g/mol. The van der Waals surface area contributed by atoms with Crippen LogP contribution in [0, 0.1) is 13.8 Å². The molecule has 0 aromatic carbocycles. The van der Waals surface area contributed by atoms with Crippen molar-refractivity contribution >= 4 is 11.5 Å². The summed E-state index contributed by atoms with van der Waals surface area (Å²) in [5.74, 6) is 2.54. The molecule has 0 aliphatic rings. The van der Waals surface area contributed by atoms with E-state index in [2.05, 4.69) is 41.0 Å². The molecule has 0 saturated carbocycles. The van der Waals surface area contributed by atoms with Crippen molar-refractivity contribution in [2.45, 2.75) is 46.6 Å². The SMILES string of the molecule is Cc1noc(C)c1CN(C)c1ccc2nnc(C(C)(C)C)n2n1. The number of hydrogen-bond donors (Lipinski definition) is 0. The Labute approximate surface area is 135 Å². The van der Waals surface area contributed by atoms with Crippen LogP contribution >= 0.6 is 0 Å². The number of nitrogens with zero attached hydrogens (tertiary/aromatic N) is 6. The van der Waals surface area contributed by atoms with E-state index in [1.165, 1.54) is 0 Å². The lowest BCUT2D eigenvalue weighted by Gasteiger charge is -2.19. The molecule has 0 saturated heterocycles. The highest BCUT2D eigenvalue weighted by Gasteiger charge is 2.22. The van der Waals surface area contributed by atoms with Gasteiger partial charge in [-0.1, -0.05) is 25.9 Å². The summed E-state index contributed by atoms with van der Waals surface area (Å²) >= 11 is 0. The van der Waals surface area contributed by atoms with Gasteiger partial charge < -0.3 is 9.42 Å². The van der Waals surface area contributed by atoms with E-state index in [1.807, 2.05) is 37.5 Å². The molecule has 3 heterocycles. The van der Waals surface area contributed by atoms with Crippen molar-refractivity contribution in [1.29, 1.82) is 0 Å². The molecule has 23 heavy (non-hydrogen) atoms. The van der Waals surface area contributed by atoms with Crippen molar-refractivity contribution in [3.8, 4) is 0 Å². The fourth-order valence-electron chi connectivity index (χ4n) is 2.50. The van der Waals surface area contributed by atoms with Crippen LogP contribution in [0.25, 0.3) is 5.65 Å². The topological polar surface area (TPSA) is 72.4 Å². The molecule has 3 rings (SSSR count). The summed E-state index contributed by atoms with van der Waals surface area (Å²) in [6.07, 6.45) is 0. The molecule has 0 bridgehead atoms. The number of fused-ring (bicyclic) bond motifs is 1. The Morgan fingerprint density at radius 1 is 1.17 bits per heavy atom. The van der Waals surface area contributed by atoms with Gasteiger partial charge in [0.2, 0.25) is 0 Å². The maximum Gasteiger partial charge on any atom is 0.178 e. The maximum absolute atomic E-state index is 5.23. The first-order valence-electron chi connectivity index (χ1n) is 7.63. The Balaban J connectivity index is 1.96. The number of anilines is 1. The van der Waals surface area contributed by atoms with Crippen LogP contribution in [0.1, 0.15) is 43.6 Å². The number of hydrogen-bond acceptors (Lipinski definition) is 6. The lowest BCUT2D eigenvalue weighted by atomic mass is 9.96. The van der Waals surface area contributed by atoms with Crippen molar-refractivity contribution in [2.24, 2.45) is 0 Å².